The minimum Gasteiger partial charge on any atom is -0.311 e. The van der Waals surface area contributed by atoms with Crippen LogP contribution >= 0.6 is 0 Å². The highest BCUT2D eigenvalue weighted by Crippen LogP contribution is 2.23. The number of carbonyl (C=O) groups is 2. The predicted octanol–water partition coefficient (Wildman–Crippen LogP) is 2.11. The van der Waals surface area contributed by atoms with Crippen molar-refractivity contribution in [3.05, 3.63) is 59.9 Å². The van der Waals surface area contributed by atoms with Crippen LogP contribution in [0.1, 0.15) is 23.7 Å². The van der Waals surface area contributed by atoms with E-state index in [4.69, 9.17) is 0 Å². The molecule has 0 aromatic heterocycles. The van der Waals surface area contributed by atoms with Crippen LogP contribution in [0.25, 0.3) is 0 Å². The minimum atomic E-state index is -3.82. The smallest absolute Gasteiger partial charge is 0.240 e. The number of rotatable bonds is 5. The SMILES string of the molecule is CC(=O)c1ccc(S(=O)(=O)NC2CC(=O)N(c3ccc(F)cc3)C2)cc1. The van der Waals surface area contributed by atoms with Crippen LogP contribution in [-0.2, 0) is 14.8 Å². The summed E-state index contributed by atoms with van der Waals surface area (Å²) in [6.07, 6.45) is 0.0160. The van der Waals surface area contributed by atoms with Crippen molar-refractivity contribution in [2.45, 2.75) is 24.3 Å². The Labute approximate surface area is 150 Å². The molecule has 1 amide bonds. The second-order valence-corrected chi connectivity index (χ2v) is 7.80. The first-order chi connectivity index (χ1) is 12.3. The lowest BCUT2D eigenvalue weighted by Gasteiger charge is -2.17. The summed E-state index contributed by atoms with van der Waals surface area (Å²) in [5, 5.41) is 0. The van der Waals surface area contributed by atoms with Crippen molar-refractivity contribution in [2.24, 2.45) is 0 Å². The van der Waals surface area contributed by atoms with Crippen molar-refractivity contribution in [3.63, 3.8) is 0 Å². The number of benzene rings is 2. The molecule has 2 aromatic rings. The Morgan fingerprint density at radius 3 is 2.31 bits per heavy atom. The fourth-order valence-corrected chi connectivity index (χ4v) is 4.04. The van der Waals surface area contributed by atoms with Crippen LogP contribution in [-0.4, -0.2) is 32.7 Å². The number of nitrogens with one attached hydrogen (secondary N) is 1. The van der Waals surface area contributed by atoms with Gasteiger partial charge in [-0.3, -0.25) is 9.59 Å². The van der Waals surface area contributed by atoms with E-state index in [0.29, 0.717) is 11.3 Å². The average Bonchev–Trinajstić information content (AvgIpc) is 2.95. The normalized spacial score (nSPS) is 17.5. The van der Waals surface area contributed by atoms with Crippen molar-refractivity contribution in [2.75, 3.05) is 11.4 Å². The molecule has 1 fully saturated rings. The summed E-state index contributed by atoms with van der Waals surface area (Å²) in [5.41, 5.74) is 0.936. The molecular weight excluding hydrogens is 359 g/mol. The molecule has 136 valence electrons. The molecule has 3 rings (SSSR count). The zero-order valence-corrected chi connectivity index (χ0v) is 14.8. The van der Waals surface area contributed by atoms with Gasteiger partial charge in [-0.2, -0.15) is 0 Å². The van der Waals surface area contributed by atoms with Gasteiger partial charge in [0.2, 0.25) is 15.9 Å². The van der Waals surface area contributed by atoms with Gasteiger partial charge in [-0.1, -0.05) is 12.1 Å². The topological polar surface area (TPSA) is 83.5 Å². The summed E-state index contributed by atoms with van der Waals surface area (Å²) in [6, 6.07) is 10.5. The molecule has 8 heteroatoms. The summed E-state index contributed by atoms with van der Waals surface area (Å²) in [7, 11) is -3.82. The number of anilines is 1. The standard InChI is InChI=1S/C18H17FN2O4S/c1-12(22)13-2-8-17(9-3-13)26(24,25)20-15-10-18(23)21(11-15)16-6-4-14(19)5-7-16/h2-9,15,20H,10-11H2,1H3. The van der Waals surface area contributed by atoms with Crippen LogP contribution in [0.5, 0.6) is 0 Å². The fourth-order valence-electron chi connectivity index (χ4n) is 2.81. The predicted molar refractivity (Wildman–Crippen MR) is 93.9 cm³/mol. The van der Waals surface area contributed by atoms with Crippen molar-refractivity contribution >= 4 is 27.4 Å². The summed E-state index contributed by atoms with van der Waals surface area (Å²) in [6.45, 7) is 1.56. The number of nitrogens with zero attached hydrogens (tertiary/aromatic N) is 1. The Bertz CT molecular complexity index is 940. The van der Waals surface area contributed by atoms with E-state index in [0.717, 1.165) is 0 Å². The second kappa shape index (κ2) is 6.97. The maximum atomic E-state index is 13.0. The highest BCUT2D eigenvalue weighted by molar-refractivity contribution is 7.89. The van der Waals surface area contributed by atoms with Gasteiger partial charge in [-0.05, 0) is 43.3 Å². The van der Waals surface area contributed by atoms with Crippen LogP contribution in [0.4, 0.5) is 10.1 Å². The number of halogens is 1. The average molecular weight is 376 g/mol. The lowest BCUT2D eigenvalue weighted by Crippen LogP contribution is -2.37. The van der Waals surface area contributed by atoms with E-state index in [1.165, 1.54) is 60.4 Å². The van der Waals surface area contributed by atoms with Crippen molar-refractivity contribution in [1.82, 2.24) is 4.72 Å². The van der Waals surface area contributed by atoms with Gasteiger partial charge >= 0.3 is 0 Å². The lowest BCUT2D eigenvalue weighted by atomic mass is 10.2. The van der Waals surface area contributed by atoms with Gasteiger partial charge in [-0.25, -0.2) is 17.5 Å². The summed E-state index contributed by atoms with van der Waals surface area (Å²) >= 11 is 0. The summed E-state index contributed by atoms with van der Waals surface area (Å²) < 4.78 is 40.5. The van der Waals surface area contributed by atoms with Crippen LogP contribution in [0.15, 0.2) is 53.4 Å². The maximum absolute atomic E-state index is 13.0. The molecule has 0 bridgehead atoms. The number of amides is 1. The maximum Gasteiger partial charge on any atom is 0.240 e. The van der Waals surface area contributed by atoms with Gasteiger partial charge in [0.1, 0.15) is 5.82 Å². The zero-order chi connectivity index (χ0) is 18.9. The number of hydrogen-bond donors (Lipinski definition) is 1. The van der Waals surface area contributed by atoms with Crippen LogP contribution < -0.4 is 9.62 Å². The number of hydrogen-bond acceptors (Lipinski definition) is 4. The molecule has 1 unspecified atom stereocenters. The fraction of sp³-hybridized carbons (Fsp3) is 0.222. The molecule has 1 N–H and O–H groups in total. The number of carbonyl (C=O) groups excluding carboxylic acids is 2. The van der Waals surface area contributed by atoms with E-state index in [1.807, 2.05) is 0 Å². The van der Waals surface area contributed by atoms with E-state index in [-0.39, 0.29) is 29.6 Å². The number of ketones is 1. The van der Waals surface area contributed by atoms with Gasteiger partial charge in [-0.15, -0.1) is 0 Å². The molecule has 26 heavy (non-hydrogen) atoms. The molecule has 0 saturated carbocycles. The third kappa shape index (κ3) is 3.81. The van der Waals surface area contributed by atoms with E-state index in [1.54, 1.807) is 0 Å². The van der Waals surface area contributed by atoms with Crippen molar-refractivity contribution in [1.29, 1.82) is 0 Å². The van der Waals surface area contributed by atoms with E-state index in [9.17, 15) is 22.4 Å². The second-order valence-electron chi connectivity index (χ2n) is 6.08. The Hall–Kier alpha value is -2.58. The lowest BCUT2D eigenvalue weighted by molar-refractivity contribution is -0.117. The van der Waals surface area contributed by atoms with E-state index in [2.05, 4.69) is 4.72 Å². The quantitative estimate of drug-likeness (QED) is 0.810. The minimum absolute atomic E-state index is 0.0160. The summed E-state index contributed by atoms with van der Waals surface area (Å²) in [4.78, 5) is 24.9. The van der Waals surface area contributed by atoms with Gasteiger partial charge < -0.3 is 4.90 Å². The van der Waals surface area contributed by atoms with Crippen molar-refractivity contribution < 1.29 is 22.4 Å². The largest absolute Gasteiger partial charge is 0.311 e. The van der Waals surface area contributed by atoms with Crippen LogP contribution in [0.2, 0.25) is 0 Å². The van der Waals surface area contributed by atoms with Gasteiger partial charge in [0.25, 0.3) is 0 Å². The van der Waals surface area contributed by atoms with E-state index < -0.39 is 21.9 Å². The molecular formula is C18H17FN2O4S. The molecule has 1 aliphatic heterocycles. The van der Waals surface area contributed by atoms with Gasteiger partial charge in [0, 0.05) is 30.3 Å². The number of sulfonamides is 1. The third-order valence-electron chi connectivity index (χ3n) is 4.16. The molecule has 0 aliphatic carbocycles. The molecule has 1 saturated heterocycles. The van der Waals surface area contributed by atoms with Crippen LogP contribution in [0, 0.1) is 5.82 Å². The highest BCUT2D eigenvalue weighted by Gasteiger charge is 2.33. The summed E-state index contributed by atoms with van der Waals surface area (Å²) in [5.74, 6) is -0.805. The molecule has 0 spiro atoms. The van der Waals surface area contributed by atoms with Crippen molar-refractivity contribution in [3.8, 4) is 0 Å². The molecule has 6 nitrogen and oxygen atoms in total. The number of Topliss-reactive ketones (excluding diaryl/α,β-unsaturated/α-hetero) is 1. The Kier molecular flexibility index (Phi) is 4.88. The first kappa shape index (κ1) is 18.2. The van der Waals surface area contributed by atoms with Gasteiger partial charge in [0.15, 0.2) is 5.78 Å². The molecule has 2 aromatic carbocycles. The first-order valence-electron chi connectivity index (χ1n) is 7.95. The molecule has 0 radical (unpaired) electrons. The Morgan fingerprint density at radius 1 is 1.12 bits per heavy atom. The van der Waals surface area contributed by atoms with E-state index >= 15 is 0 Å². The molecule has 1 aliphatic rings. The highest BCUT2D eigenvalue weighted by atomic mass is 32.2. The third-order valence-corrected chi connectivity index (χ3v) is 5.69. The first-order valence-corrected chi connectivity index (χ1v) is 9.44. The monoisotopic (exact) mass is 376 g/mol. The van der Waals surface area contributed by atoms with Gasteiger partial charge in [0.05, 0.1) is 4.90 Å². The molecule has 1 atom stereocenters. The zero-order valence-electron chi connectivity index (χ0n) is 14.0. The Balaban J connectivity index is 1.73. The Morgan fingerprint density at radius 2 is 1.73 bits per heavy atom. The molecule has 1 heterocycles. The van der Waals surface area contributed by atoms with Crippen LogP contribution in [0.3, 0.4) is 0 Å².